The number of rotatable bonds is 5. The Morgan fingerprint density at radius 2 is 2.06 bits per heavy atom. The van der Waals surface area contributed by atoms with Crippen molar-refractivity contribution in [2.45, 2.75) is 11.8 Å². The third-order valence-corrected chi connectivity index (χ3v) is 3.51. The van der Waals surface area contributed by atoms with E-state index in [1.54, 1.807) is 0 Å². The molecule has 0 aliphatic rings. The Morgan fingerprint density at radius 3 is 2.67 bits per heavy atom. The van der Waals surface area contributed by atoms with E-state index >= 15 is 0 Å². The lowest BCUT2D eigenvalue weighted by Gasteiger charge is -2.08. The minimum atomic E-state index is -3.97. The summed E-state index contributed by atoms with van der Waals surface area (Å²) in [5.74, 6) is -1.15. The van der Waals surface area contributed by atoms with Gasteiger partial charge >= 0.3 is 0 Å². The first-order valence-electron chi connectivity index (χ1n) is 5.12. The highest BCUT2D eigenvalue weighted by Gasteiger charge is 2.18. The number of sulfonamides is 1. The molecule has 0 unspecified atom stereocenters. The van der Waals surface area contributed by atoms with E-state index < -0.39 is 20.7 Å². The van der Waals surface area contributed by atoms with E-state index in [9.17, 15) is 17.6 Å². The predicted octanol–water partition coefficient (Wildman–Crippen LogP) is -0.178. The molecule has 1 aromatic rings. The van der Waals surface area contributed by atoms with Gasteiger partial charge in [-0.05, 0) is 18.2 Å². The van der Waals surface area contributed by atoms with Gasteiger partial charge in [0.15, 0.2) is 0 Å². The van der Waals surface area contributed by atoms with E-state index in [0.29, 0.717) is 0 Å². The van der Waals surface area contributed by atoms with Gasteiger partial charge < -0.3 is 11.1 Å². The van der Waals surface area contributed by atoms with Gasteiger partial charge in [-0.15, -0.1) is 0 Å². The molecule has 4 N–H and O–H groups in total. The SMILES string of the molecule is CC(=O)NCCNS(=O)(=O)c1cc(N)ccc1F. The summed E-state index contributed by atoms with van der Waals surface area (Å²) >= 11 is 0. The molecule has 8 heteroatoms. The number of hydrogen-bond donors (Lipinski definition) is 3. The molecule has 0 aromatic heterocycles. The summed E-state index contributed by atoms with van der Waals surface area (Å²) in [6, 6.07) is 3.29. The van der Waals surface area contributed by atoms with Gasteiger partial charge in [-0.3, -0.25) is 4.79 Å². The second-order valence-corrected chi connectivity index (χ2v) is 5.31. The first-order valence-corrected chi connectivity index (χ1v) is 6.60. The van der Waals surface area contributed by atoms with Crippen molar-refractivity contribution in [1.29, 1.82) is 0 Å². The fourth-order valence-corrected chi connectivity index (χ4v) is 2.37. The summed E-state index contributed by atoms with van der Waals surface area (Å²) in [6.45, 7) is 1.40. The zero-order chi connectivity index (χ0) is 13.8. The third-order valence-electron chi connectivity index (χ3n) is 2.04. The highest BCUT2D eigenvalue weighted by atomic mass is 32.2. The monoisotopic (exact) mass is 275 g/mol. The molecular formula is C10H14FN3O3S. The van der Waals surface area contributed by atoms with Gasteiger partial charge in [-0.25, -0.2) is 17.5 Å². The van der Waals surface area contributed by atoms with Crippen LogP contribution in [0.5, 0.6) is 0 Å². The fraction of sp³-hybridized carbons (Fsp3) is 0.300. The maximum Gasteiger partial charge on any atom is 0.243 e. The highest BCUT2D eigenvalue weighted by Crippen LogP contribution is 2.17. The third kappa shape index (κ3) is 3.97. The van der Waals surface area contributed by atoms with Crippen molar-refractivity contribution in [3.8, 4) is 0 Å². The highest BCUT2D eigenvalue weighted by molar-refractivity contribution is 7.89. The first kappa shape index (κ1) is 14.4. The smallest absolute Gasteiger partial charge is 0.243 e. The molecule has 100 valence electrons. The molecule has 6 nitrogen and oxygen atoms in total. The van der Waals surface area contributed by atoms with Crippen molar-refractivity contribution < 1.29 is 17.6 Å². The Labute approximate surface area is 104 Å². The van der Waals surface area contributed by atoms with Crippen molar-refractivity contribution in [2.75, 3.05) is 18.8 Å². The molecule has 0 aliphatic heterocycles. The number of amides is 1. The summed E-state index contributed by atoms with van der Waals surface area (Å²) in [6.07, 6.45) is 0. The molecular weight excluding hydrogens is 261 g/mol. The number of carbonyl (C=O) groups excluding carboxylic acids is 1. The van der Waals surface area contributed by atoms with Crippen molar-refractivity contribution in [3.63, 3.8) is 0 Å². The molecule has 0 saturated carbocycles. The van der Waals surface area contributed by atoms with Crippen molar-refractivity contribution in [1.82, 2.24) is 10.0 Å². The van der Waals surface area contributed by atoms with E-state index in [1.165, 1.54) is 13.0 Å². The van der Waals surface area contributed by atoms with Crippen LogP contribution in [0.15, 0.2) is 23.1 Å². The molecule has 1 amide bonds. The van der Waals surface area contributed by atoms with Crippen LogP contribution in [0, 0.1) is 5.82 Å². The van der Waals surface area contributed by atoms with Gasteiger partial charge in [0.05, 0.1) is 0 Å². The van der Waals surface area contributed by atoms with Crippen LogP contribution in [0.25, 0.3) is 0 Å². The summed E-state index contributed by atoms with van der Waals surface area (Å²) < 4.78 is 39.0. The second-order valence-electron chi connectivity index (χ2n) is 3.57. The van der Waals surface area contributed by atoms with Crippen molar-refractivity contribution >= 4 is 21.6 Å². The van der Waals surface area contributed by atoms with E-state index in [0.717, 1.165) is 12.1 Å². The molecule has 0 aliphatic carbocycles. The minimum Gasteiger partial charge on any atom is -0.399 e. The molecule has 18 heavy (non-hydrogen) atoms. The molecule has 0 spiro atoms. The molecule has 0 bridgehead atoms. The summed E-state index contributed by atoms with van der Waals surface area (Å²) in [4.78, 5) is 10.1. The van der Waals surface area contributed by atoms with Crippen molar-refractivity contribution in [2.24, 2.45) is 0 Å². The normalized spacial score (nSPS) is 11.2. The molecule has 0 radical (unpaired) electrons. The fourth-order valence-electron chi connectivity index (χ4n) is 1.23. The minimum absolute atomic E-state index is 0.0316. The Kier molecular flexibility index (Phi) is 4.62. The quantitative estimate of drug-likeness (QED) is 0.512. The Morgan fingerprint density at radius 1 is 1.39 bits per heavy atom. The lowest BCUT2D eigenvalue weighted by atomic mass is 10.3. The maximum absolute atomic E-state index is 13.4. The molecule has 0 saturated heterocycles. The average Bonchev–Trinajstić information content (AvgIpc) is 2.27. The number of nitrogen functional groups attached to an aromatic ring is 1. The average molecular weight is 275 g/mol. The number of carbonyl (C=O) groups is 1. The summed E-state index contributed by atoms with van der Waals surface area (Å²) in [5.41, 5.74) is 5.55. The molecule has 0 heterocycles. The van der Waals surface area contributed by atoms with Crippen LogP contribution in [0.1, 0.15) is 6.92 Å². The van der Waals surface area contributed by atoms with E-state index in [2.05, 4.69) is 10.0 Å². The number of nitrogens with two attached hydrogens (primary N) is 1. The van der Waals surface area contributed by atoms with E-state index in [1.807, 2.05) is 0 Å². The zero-order valence-electron chi connectivity index (χ0n) is 9.73. The molecule has 0 fully saturated rings. The predicted molar refractivity (Wildman–Crippen MR) is 64.7 cm³/mol. The van der Waals surface area contributed by atoms with Gasteiger partial charge in [-0.2, -0.15) is 0 Å². The standard InChI is InChI=1S/C10H14FN3O3S/c1-7(15)13-4-5-14-18(16,17)10-6-8(12)2-3-9(10)11/h2-3,6,14H,4-5,12H2,1H3,(H,13,15). The lowest BCUT2D eigenvalue weighted by molar-refractivity contribution is -0.118. The molecule has 1 aromatic carbocycles. The number of benzene rings is 1. The molecule has 1 rings (SSSR count). The van der Waals surface area contributed by atoms with Crippen LogP contribution in [-0.4, -0.2) is 27.4 Å². The number of hydrogen-bond acceptors (Lipinski definition) is 4. The van der Waals surface area contributed by atoms with Gasteiger partial charge in [0.25, 0.3) is 0 Å². The Hall–Kier alpha value is -1.67. The van der Waals surface area contributed by atoms with Crippen LogP contribution in [0.2, 0.25) is 0 Å². The van der Waals surface area contributed by atoms with Crippen LogP contribution in [-0.2, 0) is 14.8 Å². The largest absolute Gasteiger partial charge is 0.399 e. The Balaban J connectivity index is 2.74. The topological polar surface area (TPSA) is 101 Å². The van der Waals surface area contributed by atoms with Gasteiger partial charge in [0.1, 0.15) is 10.7 Å². The van der Waals surface area contributed by atoms with E-state index in [4.69, 9.17) is 5.73 Å². The van der Waals surface area contributed by atoms with Gasteiger partial charge in [-0.1, -0.05) is 0 Å². The van der Waals surface area contributed by atoms with Crippen LogP contribution in [0.4, 0.5) is 10.1 Å². The van der Waals surface area contributed by atoms with Gasteiger partial charge in [0, 0.05) is 25.7 Å². The van der Waals surface area contributed by atoms with Crippen molar-refractivity contribution in [3.05, 3.63) is 24.0 Å². The summed E-state index contributed by atoms with van der Waals surface area (Å²) in [5, 5.41) is 2.41. The number of halogens is 1. The zero-order valence-corrected chi connectivity index (χ0v) is 10.6. The lowest BCUT2D eigenvalue weighted by Crippen LogP contribution is -2.34. The maximum atomic E-state index is 13.4. The number of anilines is 1. The van der Waals surface area contributed by atoms with Crippen LogP contribution in [0.3, 0.4) is 0 Å². The first-order chi connectivity index (χ1) is 8.33. The second kappa shape index (κ2) is 5.78. The van der Waals surface area contributed by atoms with Crippen LogP contribution >= 0.6 is 0 Å². The Bertz CT molecular complexity index is 545. The van der Waals surface area contributed by atoms with E-state index in [-0.39, 0.29) is 24.7 Å². The van der Waals surface area contributed by atoms with Crippen LogP contribution < -0.4 is 15.8 Å². The number of nitrogens with one attached hydrogen (secondary N) is 2. The molecule has 0 atom stereocenters. The summed E-state index contributed by atoms with van der Waals surface area (Å²) in [7, 11) is -3.97. The van der Waals surface area contributed by atoms with Gasteiger partial charge in [0.2, 0.25) is 15.9 Å².